The van der Waals surface area contributed by atoms with E-state index in [1.165, 1.54) is 18.2 Å². The van der Waals surface area contributed by atoms with E-state index in [4.69, 9.17) is 4.74 Å². The van der Waals surface area contributed by atoms with Gasteiger partial charge in [0.05, 0.1) is 11.3 Å². The summed E-state index contributed by atoms with van der Waals surface area (Å²) >= 11 is 3.27. The molecule has 1 amide bonds. The third-order valence-corrected chi connectivity index (χ3v) is 4.56. The molecule has 1 N–H and O–H groups in total. The van der Waals surface area contributed by atoms with Crippen molar-refractivity contribution in [3.05, 3.63) is 58.3 Å². The molecule has 134 valence electrons. The van der Waals surface area contributed by atoms with E-state index in [2.05, 4.69) is 40.0 Å². The van der Waals surface area contributed by atoms with Crippen molar-refractivity contribution >= 4 is 27.5 Å². The first-order valence-electron chi connectivity index (χ1n) is 8.25. The van der Waals surface area contributed by atoms with Gasteiger partial charge >= 0.3 is 0 Å². The summed E-state index contributed by atoms with van der Waals surface area (Å²) in [4.78, 5) is 14.7. The van der Waals surface area contributed by atoms with Crippen LogP contribution in [0.25, 0.3) is 0 Å². The van der Waals surface area contributed by atoms with Gasteiger partial charge in [-0.05, 0) is 59.4 Å². The van der Waals surface area contributed by atoms with Gasteiger partial charge in [-0.3, -0.25) is 4.79 Å². The topological polar surface area (TPSA) is 41.6 Å². The smallest absolute Gasteiger partial charge is 0.257 e. The molecule has 0 heterocycles. The Morgan fingerprint density at radius 2 is 1.92 bits per heavy atom. The van der Waals surface area contributed by atoms with Gasteiger partial charge < -0.3 is 15.0 Å². The van der Waals surface area contributed by atoms with Crippen molar-refractivity contribution in [1.82, 2.24) is 4.90 Å². The number of likely N-dealkylation sites (N-methyl/N-ethyl adjacent to an activating group) is 1. The molecule has 4 nitrogen and oxygen atoms in total. The molecule has 0 saturated carbocycles. The number of nitrogens with one attached hydrogen (secondary N) is 1. The summed E-state index contributed by atoms with van der Waals surface area (Å²) in [5, 5.41) is 2.79. The molecule has 6 heteroatoms. The zero-order chi connectivity index (χ0) is 18.2. The van der Waals surface area contributed by atoms with E-state index in [-0.39, 0.29) is 5.56 Å². The maximum absolute atomic E-state index is 13.4. The van der Waals surface area contributed by atoms with Crippen LogP contribution in [-0.2, 0) is 0 Å². The van der Waals surface area contributed by atoms with E-state index < -0.39 is 11.7 Å². The van der Waals surface area contributed by atoms with Gasteiger partial charge in [0.25, 0.3) is 5.91 Å². The van der Waals surface area contributed by atoms with Gasteiger partial charge in [0.15, 0.2) is 0 Å². The molecular formula is C19H22BrFN2O2. The van der Waals surface area contributed by atoms with E-state index >= 15 is 0 Å². The number of amides is 1. The Balaban J connectivity index is 2.07. The normalized spacial score (nSPS) is 10.8. The van der Waals surface area contributed by atoms with Crippen molar-refractivity contribution in [2.45, 2.75) is 13.8 Å². The molecule has 0 aliphatic carbocycles. The van der Waals surface area contributed by atoms with Gasteiger partial charge in [-0.2, -0.15) is 0 Å². The Bertz CT molecular complexity index is 720. The lowest BCUT2D eigenvalue weighted by atomic mass is 10.2. The molecule has 0 spiro atoms. The van der Waals surface area contributed by atoms with Crippen LogP contribution < -0.4 is 10.1 Å². The SMILES string of the molecule is CCN(CC)CCOc1ccccc1NC(=O)c1cc(F)ccc1Br. The number of carbonyl (C=O) groups excluding carboxylic acids is 1. The third-order valence-electron chi connectivity index (χ3n) is 3.87. The van der Waals surface area contributed by atoms with Crippen molar-refractivity contribution in [2.75, 3.05) is 31.6 Å². The third kappa shape index (κ3) is 5.54. The Hall–Kier alpha value is -1.92. The molecule has 0 saturated heterocycles. The molecule has 0 aliphatic rings. The molecule has 0 radical (unpaired) electrons. The Kier molecular flexibility index (Phi) is 7.40. The number of nitrogens with zero attached hydrogens (tertiary/aromatic N) is 1. The van der Waals surface area contributed by atoms with Crippen LogP contribution in [0.3, 0.4) is 0 Å². The molecule has 0 fully saturated rings. The Morgan fingerprint density at radius 1 is 1.20 bits per heavy atom. The lowest BCUT2D eigenvalue weighted by molar-refractivity contribution is 0.102. The predicted octanol–water partition coefficient (Wildman–Crippen LogP) is 4.56. The molecule has 0 aromatic heterocycles. The van der Waals surface area contributed by atoms with Crippen LogP contribution in [0.1, 0.15) is 24.2 Å². The number of ether oxygens (including phenoxy) is 1. The summed E-state index contributed by atoms with van der Waals surface area (Å²) < 4.78 is 19.8. The Morgan fingerprint density at radius 3 is 2.64 bits per heavy atom. The van der Waals surface area contributed by atoms with Crippen molar-refractivity contribution in [2.24, 2.45) is 0 Å². The fourth-order valence-electron chi connectivity index (χ4n) is 2.38. The van der Waals surface area contributed by atoms with E-state index in [9.17, 15) is 9.18 Å². The van der Waals surface area contributed by atoms with Crippen LogP contribution in [0, 0.1) is 5.82 Å². The fraction of sp³-hybridized carbons (Fsp3) is 0.316. The molecule has 0 atom stereocenters. The monoisotopic (exact) mass is 408 g/mol. The van der Waals surface area contributed by atoms with Gasteiger partial charge in [0, 0.05) is 11.0 Å². The lowest BCUT2D eigenvalue weighted by Crippen LogP contribution is -2.28. The van der Waals surface area contributed by atoms with Crippen LogP contribution >= 0.6 is 15.9 Å². The Labute approximate surface area is 156 Å². The van der Waals surface area contributed by atoms with Gasteiger partial charge in [-0.15, -0.1) is 0 Å². The standard InChI is InChI=1S/C19H22BrFN2O2/c1-3-23(4-2)11-12-25-18-8-6-5-7-17(18)22-19(24)15-13-14(21)9-10-16(15)20/h5-10,13H,3-4,11-12H2,1-2H3,(H,22,24). The second-order valence-corrected chi connectivity index (χ2v) is 6.30. The van der Waals surface area contributed by atoms with Gasteiger partial charge in [0.2, 0.25) is 0 Å². The number of para-hydroxylation sites is 2. The highest BCUT2D eigenvalue weighted by molar-refractivity contribution is 9.10. The molecular weight excluding hydrogens is 387 g/mol. The lowest BCUT2D eigenvalue weighted by Gasteiger charge is -2.19. The number of rotatable bonds is 8. The van der Waals surface area contributed by atoms with Crippen molar-refractivity contribution in [3.63, 3.8) is 0 Å². The summed E-state index contributed by atoms with van der Waals surface area (Å²) in [6, 6.07) is 11.2. The molecule has 0 bridgehead atoms. The molecule has 2 aromatic rings. The van der Waals surface area contributed by atoms with Gasteiger partial charge in [-0.1, -0.05) is 26.0 Å². The second kappa shape index (κ2) is 9.53. The number of carbonyl (C=O) groups is 1. The first-order chi connectivity index (χ1) is 12.0. The zero-order valence-electron chi connectivity index (χ0n) is 14.4. The first kappa shape index (κ1) is 19.4. The highest BCUT2D eigenvalue weighted by Crippen LogP contribution is 2.26. The summed E-state index contributed by atoms with van der Waals surface area (Å²) in [5.41, 5.74) is 0.793. The quantitative estimate of drug-likeness (QED) is 0.695. The second-order valence-electron chi connectivity index (χ2n) is 5.45. The first-order valence-corrected chi connectivity index (χ1v) is 9.05. The number of benzene rings is 2. The predicted molar refractivity (Wildman–Crippen MR) is 102 cm³/mol. The fourth-order valence-corrected chi connectivity index (χ4v) is 2.81. The largest absolute Gasteiger partial charge is 0.490 e. The zero-order valence-corrected chi connectivity index (χ0v) is 16.0. The maximum atomic E-state index is 13.4. The van der Waals surface area contributed by atoms with E-state index in [1.807, 2.05) is 12.1 Å². The molecule has 25 heavy (non-hydrogen) atoms. The van der Waals surface area contributed by atoms with E-state index in [0.717, 1.165) is 19.6 Å². The van der Waals surface area contributed by atoms with Crippen LogP contribution in [0.4, 0.5) is 10.1 Å². The van der Waals surface area contributed by atoms with Crippen LogP contribution in [0.15, 0.2) is 46.9 Å². The van der Waals surface area contributed by atoms with Crippen molar-refractivity contribution in [3.8, 4) is 5.75 Å². The molecule has 2 aromatic carbocycles. The maximum Gasteiger partial charge on any atom is 0.257 e. The number of hydrogen-bond donors (Lipinski definition) is 1. The highest BCUT2D eigenvalue weighted by atomic mass is 79.9. The van der Waals surface area contributed by atoms with E-state index in [0.29, 0.717) is 22.5 Å². The summed E-state index contributed by atoms with van der Waals surface area (Å²) in [6.45, 7) is 7.48. The minimum Gasteiger partial charge on any atom is -0.490 e. The van der Waals surface area contributed by atoms with Gasteiger partial charge in [-0.25, -0.2) is 4.39 Å². The number of hydrogen-bond acceptors (Lipinski definition) is 3. The molecule has 0 unspecified atom stereocenters. The number of anilines is 1. The van der Waals surface area contributed by atoms with Crippen molar-refractivity contribution < 1.29 is 13.9 Å². The molecule has 0 aliphatic heterocycles. The average Bonchev–Trinajstić information content (AvgIpc) is 2.62. The molecule has 2 rings (SSSR count). The van der Waals surface area contributed by atoms with Crippen LogP contribution in [0.2, 0.25) is 0 Å². The minimum absolute atomic E-state index is 0.234. The van der Waals surface area contributed by atoms with E-state index in [1.54, 1.807) is 12.1 Å². The average molecular weight is 409 g/mol. The highest BCUT2D eigenvalue weighted by Gasteiger charge is 2.14. The minimum atomic E-state index is -0.461. The summed E-state index contributed by atoms with van der Waals surface area (Å²) in [7, 11) is 0. The van der Waals surface area contributed by atoms with Gasteiger partial charge in [0.1, 0.15) is 18.2 Å². The number of halogens is 2. The van der Waals surface area contributed by atoms with Crippen LogP contribution in [-0.4, -0.2) is 37.0 Å². The van der Waals surface area contributed by atoms with Crippen molar-refractivity contribution in [1.29, 1.82) is 0 Å². The van der Waals surface area contributed by atoms with Crippen LogP contribution in [0.5, 0.6) is 5.75 Å². The summed E-state index contributed by atoms with van der Waals surface area (Å²) in [6.07, 6.45) is 0. The summed E-state index contributed by atoms with van der Waals surface area (Å²) in [5.74, 6) is -0.265.